The van der Waals surface area contributed by atoms with Crippen molar-refractivity contribution in [2.24, 2.45) is 5.92 Å². The van der Waals surface area contributed by atoms with E-state index in [0.29, 0.717) is 13.0 Å². The van der Waals surface area contributed by atoms with E-state index < -0.39 is 0 Å². The number of ether oxygens (including phenoxy) is 1. The van der Waals surface area contributed by atoms with Gasteiger partial charge in [0.25, 0.3) is 0 Å². The molecule has 0 aliphatic carbocycles. The average molecular weight is 277 g/mol. The van der Waals surface area contributed by atoms with Crippen molar-refractivity contribution < 1.29 is 14.6 Å². The Morgan fingerprint density at radius 1 is 1.40 bits per heavy atom. The van der Waals surface area contributed by atoms with Crippen molar-refractivity contribution >= 4 is 5.91 Å². The number of aliphatic hydroxyl groups is 1. The Labute approximate surface area is 120 Å². The summed E-state index contributed by atoms with van der Waals surface area (Å²) in [6.07, 6.45) is 3.31. The summed E-state index contributed by atoms with van der Waals surface area (Å²) in [5, 5.41) is 9.20. The summed E-state index contributed by atoms with van der Waals surface area (Å²) in [4.78, 5) is 14.1. The maximum Gasteiger partial charge on any atom is 0.222 e. The Hall–Kier alpha value is -1.55. The summed E-state index contributed by atoms with van der Waals surface area (Å²) in [7, 11) is 1.65. The van der Waals surface area contributed by atoms with Gasteiger partial charge in [-0.25, -0.2) is 0 Å². The molecular formula is C16H23NO3. The Kier molecular flexibility index (Phi) is 5.41. The van der Waals surface area contributed by atoms with Crippen molar-refractivity contribution in [3.8, 4) is 5.75 Å². The van der Waals surface area contributed by atoms with Crippen LogP contribution in [0.2, 0.25) is 0 Å². The molecule has 110 valence electrons. The van der Waals surface area contributed by atoms with Crippen molar-refractivity contribution in [2.45, 2.75) is 25.7 Å². The van der Waals surface area contributed by atoms with Crippen LogP contribution in [-0.4, -0.2) is 42.7 Å². The van der Waals surface area contributed by atoms with Gasteiger partial charge in [0, 0.05) is 26.1 Å². The highest BCUT2D eigenvalue weighted by molar-refractivity contribution is 5.76. The van der Waals surface area contributed by atoms with E-state index >= 15 is 0 Å². The molecule has 0 aromatic heterocycles. The Balaban J connectivity index is 1.81. The minimum Gasteiger partial charge on any atom is -0.497 e. The van der Waals surface area contributed by atoms with Crippen LogP contribution < -0.4 is 4.74 Å². The molecule has 0 bridgehead atoms. The van der Waals surface area contributed by atoms with E-state index in [2.05, 4.69) is 0 Å². The first-order valence-electron chi connectivity index (χ1n) is 7.24. The minimum absolute atomic E-state index is 0.183. The smallest absolute Gasteiger partial charge is 0.222 e. The molecule has 1 aromatic rings. The van der Waals surface area contributed by atoms with Gasteiger partial charge in [-0.15, -0.1) is 0 Å². The maximum absolute atomic E-state index is 12.2. The molecule has 1 heterocycles. The van der Waals surface area contributed by atoms with Crippen LogP contribution in [0.5, 0.6) is 5.75 Å². The van der Waals surface area contributed by atoms with E-state index in [1.807, 2.05) is 29.2 Å². The highest BCUT2D eigenvalue weighted by atomic mass is 16.5. The van der Waals surface area contributed by atoms with Crippen LogP contribution in [0.1, 0.15) is 24.8 Å². The zero-order valence-corrected chi connectivity index (χ0v) is 12.0. The van der Waals surface area contributed by atoms with E-state index in [-0.39, 0.29) is 18.4 Å². The van der Waals surface area contributed by atoms with Crippen LogP contribution in [-0.2, 0) is 11.2 Å². The molecule has 1 N–H and O–H groups in total. The molecule has 2 rings (SSSR count). The van der Waals surface area contributed by atoms with Gasteiger partial charge >= 0.3 is 0 Å². The molecule has 1 fully saturated rings. The summed E-state index contributed by atoms with van der Waals surface area (Å²) in [6.45, 7) is 1.72. The zero-order valence-electron chi connectivity index (χ0n) is 12.0. The fourth-order valence-electron chi connectivity index (χ4n) is 2.64. The number of hydrogen-bond donors (Lipinski definition) is 1. The zero-order chi connectivity index (χ0) is 14.4. The van der Waals surface area contributed by atoms with Crippen LogP contribution in [0.4, 0.5) is 0 Å². The lowest BCUT2D eigenvalue weighted by Crippen LogP contribution is -2.41. The Morgan fingerprint density at radius 2 is 2.15 bits per heavy atom. The normalized spacial score (nSPS) is 18.9. The lowest BCUT2D eigenvalue weighted by molar-refractivity contribution is -0.133. The largest absolute Gasteiger partial charge is 0.497 e. The second kappa shape index (κ2) is 7.29. The molecule has 1 saturated heterocycles. The molecule has 20 heavy (non-hydrogen) atoms. The fraction of sp³-hybridized carbons (Fsp3) is 0.562. The molecule has 1 aliphatic rings. The molecule has 1 amide bonds. The number of carbonyl (C=O) groups excluding carboxylic acids is 1. The summed E-state index contributed by atoms with van der Waals surface area (Å²) < 4.78 is 5.12. The second-order valence-electron chi connectivity index (χ2n) is 5.38. The average Bonchev–Trinajstić information content (AvgIpc) is 2.53. The number of rotatable bonds is 5. The third-order valence-electron chi connectivity index (χ3n) is 3.92. The fourth-order valence-corrected chi connectivity index (χ4v) is 2.64. The van der Waals surface area contributed by atoms with Crippen molar-refractivity contribution in [1.29, 1.82) is 0 Å². The third-order valence-corrected chi connectivity index (χ3v) is 3.92. The van der Waals surface area contributed by atoms with Crippen molar-refractivity contribution in [3.63, 3.8) is 0 Å². The van der Waals surface area contributed by atoms with Crippen LogP contribution in [0.25, 0.3) is 0 Å². The third kappa shape index (κ3) is 3.97. The van der Waals surface area contributed by atoms with Gasteiger partial charge in [0.05, 0.1) is 7.11 Å². The number of aliphatic hydroxyl groups excluding tert-OH is 1. The van der Waals surface area contributed by atoms with Gasteiger partial charge in [0.15, 0.2) is 0 Å². The second-order valence-corrected chi connectivity index (χ2v) is 5.38. The first kappa shape index (κ1) is 14.9. The summed E-state index contributed by atoms with van der Waals surface area (Å²) in [5.41, 5.74) is 1.15. The van der Waals surface area contributed by atoms with E-state index in [4.69, 9.17) is 4.74 Å². The number of carbonyl (C=O) groups is 1. The first-order chi connectivity index (χ1) is 9.72. The molecular weight excluding hydrogens is 254 g/mol. The summed E-state index contributed by atoms with van der Waals surface area (Å²) in [5.74, 6) is 1.29. The van der Waals surface area contributed by atoms with Gasteiger partial charge in [-0.3, -0.25) is 4.79 Å². The van der Waals surface area contributed by atoms with Crippen LogP contribution >= 0.6 is 0 Å². The van der Waals surface area contributed by atoms with Gasteiger partial charge in [0.1, 0.15) is 5.75 Å². The molecule has 1 aromatic carbocycles. The molecule has 1 atom stereocenters. The topological polar surface area (TPSA) is 49.8 Å². The predicted octanol–water partition coefficient (Wildman–Crippen LogP) is 1.86. The van der Waals surface area contributed by atoms with Crippen molar-refractivity contribution in [3.05, 3.63) is 29.8 Å². The lowest BCUT2D eigenvalue weighted by Gasteiger charge is -2.32. The van der Waals surface area contributed by atoms with Gasteiger partial charge < -0.3 is 14.7 Å². The lowest BCUT2D eigenvalue weighted by atomic mass is 9.98. The number of nitrogens with zero attached hydrogens (tertiary/aromatic N) is 1. The van der Waals surface area contributed by atoms with Crippen molar-refractivity contribution in [2.75, 3.05) is 26.8 Å². The Morgan fingerprint density at radius 3 is 2.80 bits per heavy atom. The molecule has 1 aliphatic heterocycles. The van der Waals surface area contributed by atoms with Crippen LogP contribution in [0.3, 0.4) is 0 Å². The number of methoxy groups -OCH3 is 1. The molecule has 0 radical (unpaired) electrons. The highest BCUT2D eigenvalue weighted by Gasteiger charge is 2.22. The van der Waals surface area contributed by atoms with E-state index in [1.165, 1.54) is 0 Å². The standard InChI is InChI=1S/C16H23NO3/c1-20-15-7-4-13(5-8-15)6-9-16(19)17-10-2-3-14(11-17)12-18/h4-5,7-8,14,18H,2-3,6,9-12H2,1H3. The van der Waals surface area contributed by atoms with Crippen LogP contribution in [0, 0.1) is 5.92 Å². The van der Waals surface area contributed by atoms with Crippen LogP contribution in [0.15, 0.2) is 24.3 Å². The number of amides is 1. The predicted molar refractivity (Wildman–Crippen MR) is 77.7 cm³/mol. The Bertz CT molecular complexity index is 430. The van der Waals surface area contributed by atoms with Gasteiger partial charge in [0.2, 0.25) is 5.91 Å². The number of benzene rings is 1. The molecule has 0 saturated carbocycles. The maximum atomic E-state index is 12.2. The molecule has 4 nitrogen and oxygen atoms in total. The van der Waals surface area contributed by atoms with E-state index in [9.17, 15) is 9.90 Å². The highest BCUT2D eigenvalue weighted by Crippen LogP contribution is 2.18. The minimum atomic E-state index is 0.183. The van der Waals surface area contributed by atoms with Gasteiger partial charge in [-0.1, -0.05) is 12.1 Å². The number of hydrogen-bond acceptors (Lipinski definition) is 3. The molecule has 4 heteroatoms. The van der Waals surface area contributed by atoms with Gasteiger partial charge in [-0.2, -0.15) is 0 Å². The number of piperidine rings is 1. The summed E-state index contributed by atoms with van der Waals surface area (Å²) >= 11 is 0. The monoisotopic (exact) mass is 277 g/mol. The van der Waals surface area contributed by atoms with Gasteiger partial charge in [-0.05, 0) is 42.9 Å². The first-order valence-corrected chi connectivity index (χ1v) is 7.24. The summed E-state index contributed by atoms with van der Waals surface area (Å²) in [6, 6.07) is 7.84. The van der Waals surface area contributed by atoms with E-state index in [1.54, 1.807) is 7.11 Å². The SMILES string of the molecule is COc1ccc(CCC(=O)N2CCCC(CO)C2)cc1. The van der Waals surface area contributed by atoms with E-state index in [0.717, 1.165) is 37.1 Å². The van der Waals surface area contributed by atoms with Crippen molar-refractivity contribution in [1.82, 2.24) is 4.90 Å². The molecule has 0 spiro atoms. The number of aryl methyl sites for hydroxylation is 1. The molecule has 1 unspecified atom stereocenters. The number of likely N-dealkylation sites (tertiary alicyclic amines) is 1. The quantitative estimate of drug-likeness (QED) is 0.893.